The highest BCUT2D eigenvalue weighted by Gasteiger charge is 2.32. The standard InChI is InChI=1S/C31H38N2O2S/c1-23-11-15-26(16-12-23)22-33(29(34)19-20-36-27-17-13-24(2)14-18-27)28(30(35)32-31(3,4)5)21-25-9-7-6-8-10-25/h6-18,28H,19-22H2,1-5H3,(H,32,35). The quantitative estimate of drug-likeness (QED) is 0.329. The van der Waals surface area contributed by atoms with Crippen molar-refractivity contribution in [3.05, 3.63) is 101 Å². The Labute approximate surface area is 220 Å². The third kappa shape index (κ3) is 8.87. The molecule has 0 saturated carbocycles. The number of nitrogens with zero attached hydrogens (tertiary/aromatic N) is 1. The smallest absolute Gasteiger partial charge is 0.243 e. The second kappa shape index (κ2) is 12.8. The largest absolute Gasteiger partial charge is 0.350 e. The molecule has 3 rings (SSSR count). The lowest BCUT2D eigenvalue weighted by Gasteiger charge is -2.34. The fourth-order valence-electron chi connectivity index (χ4n) is 3.93. The van der Waals surface area contributed by atoms with Crippen LogP contribution in [0, 0.1) is 13.8 Å². The van der Waals surface area contributed by atoms with Gasteiger partial charge < -0.3 is 10.2 Å². The Morgan fingerprint density at radius 2 is 1.42 bits per heavy atom. The highest BCUT2D eigenvalue weighted by molar-refractivity contribution is 7.99. The lowest BCUT2D eigenvalue weighted by Crippen LogP contribution is -2.54. The Kier molecular flexibility index (Phi) is 9.77. The van der Waals surface area contributed by atoms with Crippen LogP contribution in [0.1, 0.15) is 49.4 Å². The Morgan fingerprint density at radius 1 is 0.833 bits per heavy atom. The molecule has 1 atom stereocenters. The Hall–Kier alpha value is -3.05. The molecule has 0 heterocycles. The minimum absolute atomic E-state index is 0.0137. The monoisotopic (exact) mass is 502 g/mol. The molecule has 1 unspecified atom stereocenters. The Morgan fingerprint density at radius 3 is 2.00 bits per heavy atom. The molecule has 5 heteroatoms. The number of carbonyl (C=O) groups excluding carboxylic acids is 2. The zero-order chi connectivity index (χ0) is 26.1. The van der Waals surface area contributed by atoms with Gasteiger partial charge in [0, 0.05) is 35.6 Å². The normalized spacial score (nSPS) is 12.1. The fraction of sp³-hybridized carbons (Fsp3) is 0.355. The van der Waals surface area contributed by atoms with E-state index < -0.39 is 11.6 Å². The Balaban J connectivity index is 1.85. The Bertz CT molecular complexity index is 1120. The van der Waals surface area contributed by atoms with Gasteiger partial charge in [-0.1, -0.05) is 77.9 Å². The van der Waals surface area contributed by atoms with Crippen LogP contribution in [0.25, 0.3) is 0 Å². The molecule has 0 aliphatic carbocycles. The second-order valence-electron chi connectivity index (χ2n) is 10.4. The molecular formula is C31H38N2O2S. The maximum Gasteiger partial charge on any atom is 0.243 e. The van der Waals surface area contributed by atoms with E-state index in [1.807, 2.05) is 82.3 Å². The fourth-order valence-corrected chi connectivity index (χ4v) is 4.77. The maximum atomic E-state index is 13.7. The van der Waals surface area contributed by atoms with Crippen molar-refractivity contribution in [2.75, 3.05) is 5.75 Å². The van der Waals surface area contributed by atoms with Gasteiger partial charge in [0.1, 0.15) is 6.04 Å². The number of aryl methyl sites for hydroxylation is 2. The number of benzene rings is 3. The number of thioether (sulfide) groups is 1. The molecule has 4 nitrogen and oxygen atoms in total. The van der Waals surface area contributed by atoms with Gasteiger partial charge in [-0.05, 0) is 57.9 Å². The minimum atomic E-state index is -0.607. The zero-order valence-corrected chi connectivity index (χ0v) is 22.9. The van der Waals surface area contributed by atoms with E-state index in [0.717, 1.165) is 21.6 Å². The van der Waals surface area contributed by atoms with Gasteiger partial charge in [-0.25, -0.2) is 0 Å². The first-order chi connectivity index (χ1) is 17.1. The molecule has 0 spiro atoms. The van der Waals surface area contributed by atoms with Crippen molar-refractivity contribution in [2.24, 2.45) is 0 Å². The van der Waals surface area contributed by atoms with E-state index in [2.05, 4.69) is 36.5 Å². The highest BCUT2D eigenvalue weighted by Crippen LogP contribution is 2.22. The van der Waals surface area contributed by atoms with E-state index in [-0.39, 0.29) is 11.8 Å². The third-order valence-electron chi connectivity index (χ3n) is 5.85. The summed E-state index contributed by atoms with van der Waals surface area (Å²) in [4.78, 5) is 30.2. The van der Waals surface area contributed by atoms with Crippen molar-refractivity contribution in [3.8, 4) is 0 Å². The predicted octanol–water partition coefficient (Wildman–Crippen LogP) is 6.34. The van der Waals surface area contributed by atoms with Crippen LogP contribution in [-0.4, -0.2) is 34.0 Å². The van der Waals surface area contributed by atoms with Gasteiger partial charge in [0.2, 0.25) is 11.8 Å². The van der Waals surface area contributed by atoms with Crippen molar-refractivity contribution in [3.63, 3.8) is 0 Å². The highest BCUT2D eigenvalue weighted by atomic mass is 32.2. The molecule has 0 saturated heterocycles. The summed E-state index contributed by atoms with van der Waals surface area (Å²) in [5.74, 6) is 0.517. The molecule has 0 radical (unpaired) electrons. The minimum Gasteiger partial charge on any atom is -0.350 e. The van der Waals surface area contributed by atoms with Gasteiger partial charge in [-0.15, -0.1) is 11.8 Å². The lowest BCUT2D eigenvalue weighted by molar-refractivity contribution is -0.141. The van der Waals surface area contributed by atoms with Crippen LogP contribution in [0.15, 0.2) is 83.8 Å². The summed E-state index contributed by atoms with van der Waals surface area (Å²) < 4.78 is 0. The summed E-state index contributed by atoms with van der Waals surface area (Å²) in [5, 5.41) is 3.12. The molecule has 0 bridgehead atoms. The van der Waals surface area contributed by atoms with Crippen molar-refractivity contribution in [1.82, 2.24) is 10.2 Å². The van der Waals surface area contributed by atoms with Gasteiger partial charge in [0.05, 0.1) is 0 Å². The number of rotatable bonds is 10. The first kappa shape index (κ1) is 27.5. The first-order valence-corrected chi connectivity index (χ1v) is 13.5. The summed E-state index contributed by atoms with van der Waals surface area (Å²) in [6.07, 6.45) is 0.823. The van der Waals surface area contributed by atoms with Gasteiger partial charge in [-0.2, -0.15) is 0 Å². The topological polar surface area (TPSA) is 49.4 Å². The summed E-state index contributed by atoms with van der Waals surface area (Å²) >= 11 is 1.67. The van der Waals surface area contributed by atoms with Crippen LogP contribution >= 0.6 is 11.8 Å². The van der Waals surface area contributed by atoms with Crippen LogP contribution in [0.5, 0.6) is 0 Å². The lowest BCUT2D eigenvalue weighted by atomic mass is 10.0. The van der Waals surface area contributed by atoms with E-state index in [0.29, 0.717) is 25.1 Å². The third-order valence-corrected chi connectivity index (χ3v) is 6.86. The van der Waals surface area contributed by atoms with E-state index >= 15 is 0 Å². The molecular weight excluding hydrogens is 464 g/mol. The van der Waals surface area contributed by atoms with Crippen LogP contribution < -0.4 is 5.32 Å². The SMILES string of the molecule is Cc1ccc(CN(C(=O)CCSc2ccc(C)cc2)C(Cc2ccccc2)C(=O)NC(C)(C)C)cc1. The van der Waals surface area contributed by atoms with Gasteiger partial charge in [0.15, 0.2) is 0 Å². The summed E-state index contributed by atoms with van der Waals surface area (Å²) in [6.45, 7) is 10.4. The van der Waals surface area contributed by atoms with E-state index in [4.69, 9.17) is 0 Å². The number of amides is 2. The number of hydrogen-bond donors (Lipinski definition) is 1. The van der Waals surface area contributed by atoms with E-state index in [1.54, 1.807) is 16.7 Å². The van der Waals surface area contributed by atoms with Gasteiger partial charge in [0.25, 0.3) is 0 Å². The summed E-state index contributed by atoms with van der Waals surface area (Å²) in [7, 11) is 0. The molecule has 0 aromatic heterocycles. The number of carbonyl (C=O) groups is 2. The average Bonchev–Trinajstić information content (AvgIpc) is 2.83. The first-order valence-electron chi connectivity index (χ1n) is 12.5. The zero-order valence-electron chi connectivity index (χ0n) is 22.1. The molecule has 3 aromatic rings. The van der Waals surface area contributed by atoms with Gasteiger partial charge in [-0.3, -0.25) is 9.59 Å². The van der Waals surface area contributed by atoms with Crippen LogP contribution in [0.2, 0.25) is 0 Å². The second-order valence-corrected chi connectivity index (χ2v) is 11.5. The number of hydrogen-bond acceptors (Lipinski definition) is 3. The molecule has 190 valence electrons. The average molecular weight is 503 g/mol. The van der Waals surface area contributed by atoms with Crippen LogP contribution in [-0.2, 0) is 22.6 Å². The van der Waals surface area contributed by atoms with Crippen molar-refractivity contribution in [1.29, 1.82) is 0 Å². The van der Waals surface area contributed by atoms with Gasteiger partial charge >= 0.3 is 0 Å². The van der Waals surface area contributed by atoms with E-state index in [9.17, 15) is 9.59 Å². The molecule has 0 aliphatic rings. The molecule has 3 aromatic carbocycles. The predicted molar refractivity (Wildman–Crippen MR) is 150 cm³/mol. The maximum absolute atomic E-state index is 13.7. The molecule has 0 fully saturated rings. The molecule has 2 amide bonds. The molecule has 1 N–H and O–H groups in total. The summed E-state index contributed by atoms with van der Waals surface area (Å²) in [5.41, 5.74) is 4.03. The van der Waals surface area contributed by atoms with Crippen LogP contribution in [0.3, 0.4) is 0 Å². The van der Waals surface area contributed by atoms with E-state index in [1.165, 1.54) is 5.56 Å². The number of nitrogens with one attached hydrogen (secondary N) is 1. The van der Waals surface area contributed by atoms with Crippen molar-refractivity contribution < 1.29 is 9.59 Å². The summed E-state index contributed by atoms with van der Waals surface area (Å²) in [6, 6.07) is 25.8. The molecule has 36 heavy (non-hydrogen) atoms. The van der Waals surface area contributed by atoms with Crippen molar-refractivity contribution in [2.45, 2.75) is 70.5 Å². The van der Waals surface area contributed by atoms with Crippen LogP contribution in [0.4, 0.5) is 0 Å². The molecule has 0 aliphatic heterocycles. The van der Waals surface area contributed by atoms with Crippen molar-refractivity contribution >= 4 is 23.6 Å².